The summed E-state index contributed by atoms with van der Waals surface area (Å²) < 4.78 is 30.4. The zero-order valence-electron chi connectivity index (χ0n) is 31.6. The normalized spacial score (nSPS) is 13.2. The molecule has 0 N–H and O–H groups in total. The fraction of sp³-hybridized carbons (Fsp3) is 0.279. The summed E-state index contributed by atoms with van der Waals surface area (Å²) in [6, 6.07) is 28.9. The van der Waals surface area contributed by atoms with Crippen LogP contribution in [0.4, 0.5) is 0 Å². The van der Waals surface area contributed by atoms with E-state index in [4.69, 9.17) is 12.5 Å². The zero-order valence-corrected chi connectivity index (χ0v) is 29.6. The summed E-state index contributed by atoms with van der Waals surface area (Å²) in [5.41, 5.74) is 6.44. The van der Waals surface area contributed by atoms with E-state index in [-0.39, 0.29) is 16.7 Å². The number of aromatic nitrogens is 5. The van der Waals surface area contributed by atoms with Gasteiger partial charge in [0.15, 0.2) is 0 Å². The van der Waals surface area contributed by atoms with Crippen LogP contribution in [0.2, 0.25) is 0 Å². The minimum Gasteiger partial charge on any atom is -0.456 e. The lowest BCUT2D eigenvalue weighted by Crippen LogP contribution is -2.34. The Hall–Kier alpha value is -5.23. The summed E-state index contributed by atoms with van der Waals surface area (Å²) in [5, 5.41) is 2.26. The van der Waals surface area contributed by atoms with Gasteiger partial charge in [0.25, 0.3) is 6.33 Å². The summed E-state index contributed by atoms with van der Waals surface area (Å²) in [5.74, 6) is 1.82. The van der Waals surface area contributed by atoms with Crippen molar-refractivity contribution >= 4 is 21.8 Å². The largest absolute Gasteiger partial charge is 0.456 e. The molecule has 0 atom stereocenters. The maximum Gasteiger partial charge on any atom is 0.269 e. The van der Waals surface area contributed by atoms with Gasteiger partial charge >= 0.3 is 0 Å². The van der Waals surface area contributed by atoms with Crippen molar-refractivity contribution < 1.29 is 12.0 Å². The van der Waals surface area contributed by atoms with Gasteiger partial charge in [0, 0.05) is 38.2 Å². The number of imidazole rings is 1. The highest BCUT2D eigenvalue weighted by molar-refractivity contribution is 6.09. The Balaban J connectivity index is 1.29. The quantitative estimate of drug-likeness (QED) is 0.128. The van der Waals surface area contributed by atoms with Gasteiger partial charge in [0.05, 0.1) is 34.3 Å². The maximum absolute atomic E-state index is 9.05. The molecule has 7 rings (SSSR count). The molecule has 0 bridgehead atoms. The van der Waals surface area contributed by atoms with Gasteiger partial charge in [0.1, 0.15) is 17.3 Å². The molecule has 0 saturated carbocycles. The Morgan fingerprint density at radius 1 is 0.796 bits per heavy atom. The van der Waals surface area contributed by atoms with E-state index >= 15 is 0 Å². The summed E-state index contributed by atoms with van der Waals surface area (Å²) in [7, 11) is 0. The molecule has 0 saturated heterocycles. The number of benzene rings is 3. The van der Waals surface area contributed by atoms with Crippen molar-refractivity contribution in [1.82, 2.24) is 19.1 Å². The van der Waals surface area contributed by atoms with Gasteiger partial charge in [-0.15, -0.1) is 0 Å². The lowest BCUT2D eigenvalue weighted by atomic mass is 9.87. The molecule has 6 nitrogen and oxygen atoms in total. The molecule has 0 amide bonds. The van der Waals surface area contributed by atoms with Crippen LogP contribution in [0.5, 0.6) is 11.5 Å². The second-order valence-electron chi connectivity index (χ2n) is 15.1. The number of ether oxygens (including phenoxy) is 1. The fourth-order valence-corrected chi connectivity index (χ4v) is 6.21. The van der Waals surface area contributed by atoms with Crippen LogP contribution in [0, 0.1) is 12.2 Å². The van der Waals surface area contributed by atoms with Gasteiger partial charge in [-0.2, -0.15) is 0 Å². The number of hydrogen-bond donors (Lipinski definition) is 0. The summed E-state index contributed by atoms with van der Waals surface area (Å²) in [4.78, 5) is 9.33. The number of rotatable bonds is 7. The van der Waals surface area contributed by atoms with Crippen LogP contribution in [0.15, 0.2) is 110 Å². The molecule has 0 fully saturated rings. The summed E-state index contributed by atoms with van der Waals surface area (Å²) in [6.07, 6.45) is 8.92. The van der Waals surface area contributed by atoms with E-state index in [1.54, 1.807) is 17.0 Å². The molecule has 0 unspecified atom stereocenters. The molecule has 0 aliphatic rings. The van der Waals surface area contributed by atoms with Crippen LogP contribution in [-0.4, -0.2) is 19.1 Å². The average Bonchev–Trinajstić information content (AvgIpc) is 3.69. The van der Waals surface area contributed by atoms with Gasteiger partial charge in [-0.1, -0.05) is 85.7 Å². The van der Waals surface area contributed by atoms with Crippen molar-refractivity contribution in [3.63, 3.8) is 0 Å². The van der Waals surface area contributed by atoms with Crippen LogP contribution in [-0.2, 0) is 17.2 Å². The molecule has 7 aromatic rings. The molecule has 0 aliphatic heterocycles. The molecule has 6 heteroatoms. The average molecular weight is 650 g/mol. The minimum atomic E-state index is -1.61. The van der Waals surface area contributed by atoms with Crippen LogP contribution < -0.4 is 9.30 Å². The minimum absolute atomic E-state index is 0.0198. The second-order valence-corrected chi connectivity index (χ2v) is 15.1. The number of hydrogen-bond acceptors (Lipinski definition) is 3. The molecule has 0 spiro atoms. The Morgan fingerprint density at radius 2 is 1.55 bits per heavy atom. The third-order valence-electron chi connectivity index (χ3n) is 8.81. The highest BCUT2D eigenvalue weighted by Gasteiger charge is 2.20. The Labute approximate surface area is 292 Å². The molecule has 49 heavy (non-hydrogen) atoms. The summed E-state index contributed by atoms with van der Waals surface area (Å²) >= 11 is 0. The van der Waals surface area contributed by atoms with E-state index in [1.807, 2.05) is 55.1 Å². The van der Waals surface area contributed by atoms with Gasteiger partial charge in [0.2, 0.25) is 0 Å². The fourth-order valence-electron chi connectivity index (χ4n) is 6.21. The zero-order chi connectivity index (χ0) is 36.3. The second kappa shape index (κ2) is 12.3. The van der Waals surface area contributed by atoms with Gasteiger partial charge < -0.3 is 4.74 Å². The van der Waals surface area contributed by atoms with Crippen molar-refractivity contribution in [2.45, 2.75) is 72.6 Å². The number of nitrogens with zero attached hydrogens (tertiary/aromatic N) is 5. The van der Waals surface area contributed by atoms with E-state index in [1.165, 1.54) is 5.56 Å². The smallest absolute Gasteiger partial charge is 0.269 e. The highest BCUT2D eigenvalue weighted by Crippen LogP contribution is 2.36. The maximum atomic E-state index is 9.05. The van der Waals surface area contributed by atoms with E-state index in [0.717, 1.165) is 38.9 Å². The van der Waals surface area contributed by atoms with E-state index < -0.39 is 6.37 Å². The van der Waals surface area contributed by atoms with Crippen molar-refractivity contribution in [1.29, 1.82) is 0 Å². The number of para-hydroxylation sites is 1. The lowest BCUT2D eigenvalue weighted by molar-refractivity contribution is -0.608. The molecule has 3 aromatic carbocycles. The number of fused-ring (bicyclic) bond motifs is 3. The predicted molar refractivity (Wildman–Crippen MR) is 199 cm³/mol. The third-order valence-corrected chi connectivity index (χ3v) is 8.81. The standard InChI is InChI=1S/C43H45N5O/c1-29(2)20-34-27-46(28-47(34)32-13-11-12-30(21-32)42(3,4)5)33-23-36(26-44-25-33)49-35-16-17-38-37-14-9-10-15-39(37)48(40(38)24-35)41-22-31(18-19-45-41)43(6,7)8/h9-19,21-27,29H,20H2,1-8H3/i20D2. The van der Waals surface area contributed by atoms with Crippen LogP contribution >= 0.6 is 0 Å². The van der Waals surface area contributed by atoms with E-state index in [9.17, 15) is 0 Å². The first kappa shape index (κ1) is 29.9. The molecular formula is C43H45N5O. The first-order valence-electron chi connectivity index (χ1n) is 17.9. The van der Waals surface area contributed by atoms with Crippen molar-refractivity contribution in [2.24, 2.45) is 5.92 Å². The molecule has 248 valence electrons. The molecule has 0 aliphatic carbocycles. The van der Waals surface area contributed by atoms with Gasteiger partial charge in [-0.05, 0) is 82.8 Å². The van der Waals surface area contributed by atoms with Crippen molar-refractivity contribution in [3.05, 3.63) is 133 Å². The molecule has 0 radical (unpaired) electrons. The number of pyridine rings is 2. The monoisotopic (exact) mass is 649 g/mol. The van der Waals surface area contributed by atoms with Crippen LogP contribution in [0.25, 0.3) is 39.0 Å². The predicted octanol–water partition coefficient (Wildman–Crippen LogP) is 10.0. The Morgan fingerprint density at radius 3 is 2.33 bits per heavy atom. The van der Waals surface area contributed by atoms with Crippen LogP contribution in [0.1, 0.15) is 75.0 Å². The van der Waals surface area contributed by atoms with Gasteiger partial charge in [-0.3, -0.25) is 18.7 Å². The van der Waals surface area contributed by atoms with Crippen molar-refractivity contribution in [2.75, 3.05) is 0 Å². The molecular weight excluding hydrogens is 603 g/mol. The van der Waals surface area contributed by atoms with E-state index in [2.05, 4.69) is 118 Å². The first-order chi connectivity index (χ1) is 24.1. The Bertz CT molecular complexity index is 2390. The van der Waals surface area contributed by atoms with Crippen molar-refractivity contribution in [3.8, 4) is 28.7 Å². The third kappa shape index (κ3) is 6.48. The summed E-state index contributed by atoms with van der Waals surface area (Å²) in [6.45, 7) is 17.0. The SMILES string of the molecule is [2H]C([2H])(c1cn(-c2cncc(Oc3ccc4c5ccccc5n(-c5cc(C(C)(C)C)ccn5)c4c3)c2)[c-][n+]1-c1cccc(C(C)(C)C)c1)C(C)C. The topological polar surface area (TPSA) is 48.8 Å². The van der Waals surface area contributed by atoms with Gasteiger partial charge in [-0.25, -0.2) is 4.98 Å². The highest BCUT2D eigenvalue weighted by atomic mass is 16.5. The first-order valence-corrected chi connectivity index (χ1v) is 16.9. The lowest BCUT2D eigenvalue weighted by Gasteiger charge is -2.20. The molecule has 4 heterocycles. The van der Waals surface area contributed by atoms with E-state index in [0.29, 0.717) is 22.9 Å². The Kier molecular flexibility index (Phi) is 7.52. The van der Waals surface area contributed by atoms with Crippen LogP contribution in [0.3, 0.4) is 0 Å². The molecule has 4 aromatic heterocycles.